The Kier molecular flexibility index (Phi) is 9.31. The number of carbonyl (C=O) groups is 2. The standard InChI is InChI=1S/C20H30N2O2.C2HF3O2/c1-21(2)20(23)15-24-19-11-12-22(18-9-6-10-18)14-17(19)13-16-7-4-3-5-8-16;3-2(4,5)1(6)7/h3-5,7-8,17-19H,6,9-15H2,1-2H3;(H,6,7)/t17-,19-;/m0./s1. The minimum absolute atomic E-state index is 0.0508. The summed E-state index contributed by atoms with van der Waals surface area (Å²) >= 11 is 0. The summed E-state index contributed by atoms with van der Waals surface area (Å²) in [6.45, 7) is 2.41. The van der Waals surface area contributed by atoms with Crippen molar-refractivity contribution in [3.05, 3.63) is 35.9 Å². The second kappa shape index (κ2) is 11.5. The van der Waals surface area contributed by atoms with Gasteiger partial charge in [-0.1, -0.05) is 36.8 Å². The minimum atomic E-state index is -5.08. The van der Waals surface area contributed by atoms with E-state index in [4.69, 9.17) is 14.6 Å². The molecule has 2 atom stereocenters. The lowest BCUT2D eigenvalue weighted by Crippen LogP contribution is -2.51. The van der Waals surface area contributed by atoms with Crippen molar-refractivity contribution < 1.29 is 32.6 Å². The molecule has 6 nitrogen and oxygen atoms in total. The van der Waals surface area contributed by atoms with Gasteiger partial charge in [0.1, 0.15) is 6.61 Å². The monoisotopic (exact) mass is 444 g/mol. The number of carbonyl (C=O) groups excluding carboxylic acids is 1. The number of hydrogen-bond acceptors (Lipinski definition) is 4. The highest BCUT2D eigenvalue weighted by atomic mass is 19.4. The molecule has 0 unspecified atom stereocenters. The molecule has 174 valence electrons. The summed E-state index contributed by atoms with van der Waals surface area (Å²) in [7, 11) is 3.57. The second-order valence-corrected chi connectivity index (χ2v) is 8.26. The SMILES string of the molecule is CN(C)C(=O)CO[C@H]1CCN(C2CCC2)C[C@@H]1Cc1ccccc1.O=C(O)C(F)(F)F. The van der Waals surface area contributed by atoms with Gasteiger partial charge in [-0.25, -0.2) is 4.79 Å². The van der Waals surface area contributed by atoms with Gasteiger partial charge in [0.25, 0.3) is 0 Å². The zero-order valence-corrected chi connectivity index (χ0v) is 18.0. The van der Waals surface area contributed by atoms with Crippen molar-refractivity contribution in [3.63, 3.8) is 0 Å². The first-order chi connectivity index (χ1) is 14.6. The number of rotatable bonds is 6. The van der Waals surface area contributed by atoms with Gasteiger partial charge in [-0.2, -0.15) is 13.2 Å². The molecule has 3 rings (SSSR count). The molecule has 0 radical (unpaired) electrons. The molecule has 1 aliphatic heterocycles. The molecular formula is C22H31F3N2O4. The molecule has 1 amide bonds. The topological polar surface area (TPSA) is 70.1 Å². The number of piperidine rings is 1. The highest BCUT2D eigenvalue weighted by Gasteiger charge is 2.38. The van der Waals surface area contributed by atoms with Crippen molar-refractivity contribution in [2.45, 2.75) is 50.4 Å². The Morgan fingerprint density at radius 1 is 1.16 bits per heavy atom. The Morgan fingerprint density at radius 2 is 1.77 bits per heavy atom. The van der Waals surface area contributed by atoms with E-state index in [0.29, 0.717) is 5.92 Å². The van der Waals surface area contributed by atoms with Crippen molar-refractivity contribution >= 4 is 11.9 Å². The number of benzene rings is 1. The van der Waals surface area contributed by atoms with Gasteiger partial charge in [0.15, 0.2) is 0 Å². The molecule has 9 heteroatoms. The van der Waals surface area contributed by atoms with Crippen LogP contribution in [0.15, 0.2) is 30.3 Å². The van der Waals surface area contributed by atoms with Crippen LogP contribution in [0.25, 0.3) is 0 Å². The third-order valence-corrected chi connectivity index (χ3v) is 5.79. The summed E-state index contributed by atoms with van der Waals surface area (Å²) in [6.07, 6.45) is 1.25. The van der Waals surface area contributed by atoms with Gasteiger partial charge >= 0.3 is 12.1 Å². The van der Waals surface area contributed by atoms with E-state index in [1.807, 2.05) is 0 Å². The number of alkyl halides is 3. The number of aliphatic carboxylic acids is 1. The largest absolute Gasteiger partial charge is 0.490 e. The Hall–Kier alpha value is -2.13. The summed E-state index contributed by atoms with van der Waals surface area (Å²) in [6, 6.07) is 11.5. The van der Waals surface area contributed by atoms with Crippen LogP contribution in [-0.4, -0.2) is 78.9 Å². The molecule has 1 N–H and O–H groups in total. The zero-order valence-electron chi connectivity index (χ0n) is 18.0. The number of halogens is 3. The fraction of sp³-hybridized carbons (Fsp3) is 0.636. The van der Waals surface area contributed by atoms with Gasteiger partial charge in [-0.15, -0.1) is 0 Å². The number of carboxylic acid groups (broad SMARTS) is 1. The van der Waals surface area contributed by atoms with Crippen molar-refractivity contribution in [2.24, 2.45) is 5.92 Å². The van der Waals surface area contributed by atoms with Crippen LogP contribution in [0.4, 0.5) is 13.2 Å². The summed E-state index contributed by atoms with van der Waals surface area (Å²) < 4.78 is 37.8. The summed E-state index contributed by atoms with van der Waals surface area (Å²) in [5.74, 6) is -2.24. The van der Waals surface area contributed by atoms with E-state index < -0.39 is 12.1 Å². The van der Waals surface area contributed by atoms with Crippen LogP contribution < -0.4 is 0 Å². The smallest absolute Gasteiger partial charge is 0.475 e. The molecular weight excluding hydrogens is 413 g/mol. The quantitative estimate of drug-likeness (QED) is 0.730. The number of amides is 1. The Labute approximate surface area is 181 Å². The Morgan fingerprint density at radius 3 is 2.26 bits per heavy atom. The first-order valence-corrected chi connectivity index (χ1v) is 10.5. The van der Waals surface area contributed by atoms with Crippen LogP contribution in [0.5, 0.6) is 0 Å². The molecule has 0 spiro atoms. The molecule has 1 saturated carbocycles. The van der Waals surface area contributed by atoms with Gasteiger partial charge in [-0.05, 0) is 31.2 Å². The van der Waals surface area contributed by atoms with E-state index in [0.717, 1.165) is 32.0 Å². The normalized spacial score (nSPS) is 22.1. The number of likely N-dealkylation sites (tertiary alicyclic amines) is 1. The van der Waals surface area contributed by atoms with E-state index in [2.05, 4.69) is 35.2 Å². The van der Waals surface area contributed by atoms with Crippen molar-refractivity contribution in [1.82, 2.24) is 9.80 Å². The highest BCUT2D eigenvalue weighted by Crippen LogP contribution is 2.31. The summed E-state index contributed by atoms with van der Waals surface area (Å²) in [4.78, 5) is 25.0. The van der Waals surface area contributed by atoms with Gasteiger partial charge in [0, 0.05) is 39.1 Å². The molecule has 1 saturated heterocycles. The zero-order chi connectivity index (χ0) is 23.0. The van der Waals surface area contributed by atoms with E-state index in [1.165, 1.54) is 24.8 Å². The molecule has 2 fully saturated rings. The molecule has 0 bridgehead atoms. The minimum Gasteiger partial charge on any atom is -0.475 e. The lowest BCUT2D eigenvalue weighted by molar-refractivity contribution is -0.192. The molecule has 31 heavy (non-hydrogen) atoms. The maximum absolute atomic E-state index is 11.9. The fourth-order valence-corrected chi connectivity index (χ4v) is 3.76. The van der Waals surface area contributed by atoms with Crippen LogP contribution in [0.2, 0.25) is 0 Å². The second-order valence-electron chi connectivity index (χ2n) is 8.26. The van der Waals surface area contributed by atoms with Gasteiger partial charge in [0.05, 0.1) is 6.10 Å². The predicted octanol–water partition coefficient (Wildman–Crippen LogP) is 3.21. The maximum atomic E-state index is 11.9. The molecule has 1 aromatic carbocycles. The van der Waals surface area contributed by atoms with E-state index >= 15 is 0 Å². The van der Waals surface area contributed by atoms with Gasteiger partial charge in [-0.3, -0.25) is 9.69 Å². The van der Waals surface area contributed by atoms with Crippen LogP contribution in [-0.2, 0) is 20.7 Å². The molecule has 2 aliphatic rings. The fourth-order valence-electron chi connectivity index (χ4n) is 3.76. The molecule has 0 aromatic heterocycles. The third kappa shape index (κ3) is 8.14. The Bertz CT molecular complexity index is 708. The van der Waals surface area contributed by atoms with Crippen molar-refractivity contribution in [2.75, 3.05) is 33.8 Å². The summed E-state index contributed by atoms with van der Waals surface area (Å²) in [5, 5.41) is 7.12. The van der Waals surface area contributed by atoms with E-state index in [1.54, 1.807) is 19.0 Å². The number of likely N-dealkylation sites (N-methyl/N-ethyl adjacent to an activating group) is 1. The van der Waals surface area contributed by atoms with E-state index in [-0.39, 0.29) is 18.6 Å². The first-order valence-electron chi connectivity index (χ1n) is 10.5. The number of hydrogen-bond donors (Lipinski definition) is 1. The number of carboxylic acids is 1. The van der Waals surface area contributed by atoms with Crippen LogP contribution >= 0.6 is 0 Å². The molecule has 1 aliphatic carbocycles. The summed E-state index contributed by atoms with van der Waals surface area (Å²) in [5.41, 5.74) is 1.37. The molecule has 1 heterocycles. The number of nitrogens with zero attached hydrogens (tertiary/aromatic N) is 2. The lowest BCUT2D eigenvalue weighted by atomic mass is 9.84. The lowest BCUT2D eigenvalue weighted by Gasteiger charge is -2.45. The maximum Gasteiger partial charge on any atom is 0.490 e. The predicted molar refractivity (Wildman–Crippen MR) is 110 cm³/mol. The third-order valence-electron chi connectivity index (χ3n) is 5.79. The van der Waals surface area contributed by atoms with Gasteiger partial charge < -0.3 is 14.7 Å². The van der Waals surface area contributed by atoms with Crippen molar-refractivity contribution in [1.29, 1.82) is 0 Å². The number of ether oxygens (including phenoxy) is 1. The van der Waals surface area contributed by atoms with Crippen LogP contribution in [0, 0.1) is 5.92 Å². The highest BCUT2D eigenvalue weighted by molar-refractivity contribution is 5.76. The average Bonchev–Trinajstić information content (AvgIpc) is 2.66. The van der Waals surface area contributed by atoms with E-state index in [9.17, 15) is 18.0 Å². The average molecular weight is 444 g/mol. The molecule has 1 aromatic rings. The van der Waals surface area contributed by atoms with Gasteiger partial charge in [0.2, 0.25) is 5.91 Å². The Balaban J connectivity index is 0.000000423. The van der Waals surface area contributed by atoms with Crippen LogP contribution in [0.1, 0.15) is 31.2 Å². The van der Waals surface area contributed by atoms with Crippen molar-refractivity contribution in [3.8, 4) is 0 Å². The van der Waals surface area contributed by atoms with Crippen LogP contribution in [0.3, 0.4) is 0 Å². The first kappa shape index (κ1) is 25.1.